The number of halogens is 1. The minimum absolute atomic E-state index is 0.0143. The third-order valence-electron chi connectivity index (χ3n) is 15.7. The number of hydrogen-bond donors (Lipinski definition) is 4. The molecule has 14 nitrogen and oxygen atoms in total. The summed E-state index contributed by atoms with van der Waals surface area (Å²) in [6.07, 6.45) is 3.05. The number of aromatic nitrogens is 1. The van der Waals surface area contributed by atoms with E-state index in [4.69, 9.17) is 16.3 Å². The van der Waals surface area contributed by atoms with E-state index in [0.717, 1.165) is 67.0 Å². The Labute approximate surface area is 433 Å². The number of carbonyl (C=O) groups excluding carboxylic acids is 4. The minimum atomic E-state index is -0.898. The molecule has 384 valence electrons. The van der Waals surface area contributed by atoms with E-state index in [1.165, 1.54) is 10.5 Å². The first kappa shape index (κ1) is 52.9. The number of ether oxygens (including phenoxy) is 1. The van der Waals surface area contributed by atoms with Gasteiger partial charge >= 0.3 is 0 Å². The zero-order chi connectivity index (χ0) is 51.9. The fourth-order valence-corrected chi connectivity index (χ4v) is 13.1. The first-order chi connectivity index (χ1) is 34.0. The number of likely N-dealkylation sites (tertiary alicyclic amines) is 2. The highest BCUT2D eigenvalue weighted by Gasteiger charge is 2.64. The van der Waals surface area contributed by atoms with Crippen molar-refractivity contribution < 1.29 is 29.0 Å². The van der Waals surface area contributed by atoms with Gasteiger partial charge in [0.05, 0.1) is 45.4 Å². The lowest BCUT2D eigenvalue weighted by Gasteiger charge is -2.63. The third-order valence-corrected chi connectivity index (χ3v) is 17.0. The lowest BCUT2D eigenvalue weighted by molar-refractivity contribution is -0.164. The highest BCUT2D eigenvalue weighted by molar-refractivity contribution is 7.13. The highest BCUT2D eigenvalue weighted by Crippen LogP contribution is 2.55. The van der Waals surface area contributed by atoms with Gasteiger partial charge in [-0.1, -0.05) is 96.5 Å². The number of rotatable bonds is 16. The van der Waals surface area contributed by atoms with Crippen molar-refractivity contribution in [3.05, 3.63) is 105 Å². The van der Waals surface area contributed by atoms with Gasteiger partial charge in [0, 0.05) is 66.6 Å². The van der Waals surface area contributed by atoms with E-state index in [0.29, 0.717) is 34.0 Å². The molecular formula is C56H71ClN8O6S. The van der Waals surface area contributed by atoms with Crippen molar-refractivity contribution >= 4 is 46.6 Å². The summed E-state index contributed by atoms with van der Waals surface area (Å²) in [5, 5.41) is 29.8. The predicted octanol–water partition coefficient (Wildman–Crippen LogP) is 7.71. The van der Waals surface area contributed by atoms with Gasteiger partial charge in [0.1, 0.15) is 30.0 Å². The number of nitriles is 1. The average molecular weight is 1020 g/mol. The molecule has 2 bridgehead atoms. The van der Waals surface area contributed by atoms with E-state index in [1.807, 2.05) is 88.7 Å². The Kier molecular flexibility index (Phi) is 15.6. The number of amides is 4. The Morgan fingerprint density at radius 2 is 1.62 bits per heavy atom. The third kappa shape index (κ3) is 11.2. The first-order valence-corrected chi connectivity index (χ1v) is 26.6. The quantitative estimate of drug-likeness (QED) is 0.0869. The molecular weight excluding hydrogens is 948 g/mol. The number of hydrogen-bond acceptors (Lipinski definition) is 11. The average Bonchev–Trinajstić information content (AvgIpc) is 4.02. The van der Waals surface area contributed by atoms with Crippen LogP contribution in [0.1, 0.15) is 120 Å². The summed E-state index contributed by atoms with van der Waals surface area (Å²) in [5.41, 5.74) is 5.56. The molecule has 1 saturated carbocycles. The predicted molar refractivity (Wildman–Crippen MR) is 280 cm³/mol. The summed E-state index contributed by atoms with van der Waals surface area (Å²) in [7, 11) is 0. The maximum Gasteiger partial charge on any atom is 0.251 e. The number of aryl methyl sites for hydroxylation is 2. The van der Waals surface area contributed by atoms with Gasteiger partial charge in [0.2, 0.25) is 17.7 Å². The SMILES string of the molecule is Cc1ncsc1-c1ccc([C@H](C)NC(=O)[C@@H]2C[C@@H](O)CN2C(=O)C(NC(=O)CN2CC3CCC(C2)N3CCCc2ccc(C(=O)N[C@H]3C(C)(C)[C@H](Oc4ccc(C#N)c(Cl)c4)C3(C)C)cc2)C(C)(C)C)cc1. The van der Waals surface area contributed by atoms with Gasteiger partial charge in [0.15, 0.2) is 0 Å². The maximum atomic E-state index is 14.4. The van der Waals surface area contributed by atoms with Crippen molar-refractivity contribution in [3.63, 3.8) is 0 Å². The molecule has 72 heavy (non-hydrogen) atoms. The second kappa shape index (κ2) is 21.2. The van der Waals surface area contributed by atoms with Crippen LogP contribution < -0.4 is 20.7 Å². The van der Waals surface area contributed by atoms with Gasteiger partial charge < -0.3 is 30.7 Å². The number of carbonyl (C=O) groups is 4. The molecule has 3 saturated heterocycles. The van der Waals surface area contributed by atoms with Crippen molar-refractivity contribution in [2.75, 3.05) is 32.7 Å². The van der Waals surface area contributed by atoms with Crippen molar-refractivity contribution in [3.8, 4) is 22.3 Å². The second-order valence-electron chi connectivity index (χ2n) is 22.8. The number of thiazole rings is 1. The number of nitrogens with zero attached hydrogens (tertiary/aromatic N) is 5. The Balaban J connectivity index is 0.789. The summed E-state index contributed by atoms with van der Waals surface area (Å²) in [5.74, 6) is -0.476. The molecule has 0 spiro atoms. The Morgan fingerprint density at radius 1 is 0.958 bits per heavy atom. The molecule has 4 amide bonds. The van der Waals surface area contributed by atoms with Crippen LogP contribution in [0.2, 0.25) is 5.02 Å². The van der Waals surface area contributed by atoms with Gasteiger partial charge in [-0.2, -0.15) is 5.26 Å². The molecule has 4 aliphatic rings. The lowest BCUT2D eigenvalue weighted by Crippen LogP contribution is -2.74. The molecule has 4 aromatic rings. The minimum Gasteiger partial charge on any atom is -0.489 e. The molecule has 4 N–H and O–H groups in total. The fourth-order valence-electron chi connectivity index (χ4n) is 12.1. The standard InChI is InChI=1S/C56H71ClN8O6S/c1-33(36-16-18-37(19-17-36)47-34(2)59-32-72-47)60-50(69)45-25-42(66)30-65(45)51(70)48(54(3,4)5)61-46(67)31-63-28-40-21-22-41(29-63)64(40)24-10-11-35-12-14-38(15-13-35)49(68)62-52-55(6,7)53(56(52,8)9)71-43-23-20-39(27-58)44(57)26-43/h12-20,23,26,32-33,40-42,45,48,52-53,66H,10-11,21-22,24-25,28-31H2,1-9H3,(H,60,69)(H,61,67)(H,62,68)/t33-,40?,41?,42+,45-,48?,52-,53-/m0/s1. The van der Waals surface area contributed by atoms with Gasteiger partial charge in [-0.25, -0.2) is 4.98 Å². The monoisotopic (exact) mass is 1020 g/mol. The molecule has 3 unspecified atom stereocenters. The van der Waals surface area contributed by atoms with E-state index < -0.39 is 23.6 Å². The van der Waals surface area contributed by atoms with Crippen LogP contribution in [-0.2, 0) is 20.8 Å². The smallest absolute Gasteiger partial charge is 0.251 e. The molecule has 1 aromatic heterocycles. The molecule has 6 atom stereocenters. The number of nitrogens with one attached hydrogen (secondary N) is 3. The van der Waals surface area contributed by atoms with Crippen LogP contribution in [0.25, 0.3) is 10.4 Å². The van der Waals surface area contributed by atoms with Crippen molar-refractivity contribution in [2.45, 2.75) is 143 Å². The van der Waals surface area contributed by atoms with Crippen molar-refractivity contribution in [1.29, 1.82) is 5.26 Å². The topological polar surface area (TPSA) is 180 Å². The molecule has 1 aliphatic carbocycles. The molecule has 4 heterocycles. The second-order valence-corrected chi connectivity index (χ2v) is 24.1. The fraction of sp³-hybridized carbons (Fsp3) is 0.536. The van der Waals surface area contributed by atoms with Crippen LogP contribution in [0.4, 0.5) is 0 Å². The molecule has 0 radical (unpaired) electrons. The number of aliphatic hydroxyl groups excluding tert-OH is 1. The van der Waals surface area contributed by atoms with Crippen LogP contribution in [0.15, 0.2) is 72.2 Å². The Bertz CT molecular complexity index is 2650. The number of β-amino-alcohol motifs (C(OH)–C–C–N with tert-alkyl or cyclic N) is 1. The van der Waals surface area contributed by atoms with Crippen LogP contribution in [0.5, 0.6) is 5.75 Å². The zero-order valence-electron chi connectivity index (χ0n) is 43.1. The summed E-state index contributed by atoms with van der Waals surface area (Å²) < 4.78 is 6.40. The largest absolute Gasteiger partial charge is 0.489 e. The normalized spacial score (nSPS) is 24.4. The Hall–Kier alpha value is -5.37. The van der Waals surface area contributed by atoms with E-state index >= 15 is 0 Å². The maximum absolute atomic E-state index is 14.4. The number of piperazine rings is 1. The number of fused-ring (bicyclic) bond motifs is 2. The molecule has 3 aliphatic heterocycles. The summed E-state index contributed by atoms with van der Waals surface area (Å²) in [6.45, 7) is 20.6. The number of aliphatic hydroxyl groups is 1. The van der Waals surface area contributed by atoms with Crippen molar-refractivity contribution in [2.24, 2.45) is 16.2 Å². The molecule has 8 rings (SSSR count). The first-order valence-electron chi connectivity index (χ1n) is 25.4. The molecule has 3 aromatic carbocycles. The van der Waals surface area contributed by atoms with Gasteiger partial charge in [0.25, 0.3) is 5.91 Å². The Morgan fingerprint density at radius 3 is 2.22 bits per heavy atom. The lowest BCUT2D eigenvalue weighted by atomic mass is 9.49. The van der Waals surface area contributed by atoms with Crippen LogP contribution >= 0.6 is 22.9 Å². The summed E-state index contributed by atoms with van der Waals surface area (Å²) in [6, 6.07) is 21.5. The van der Waals surface area contributed by atoms with Crippen LogP contribution in [-0.4, -0.2) is 124 Å². The number of benzene rings is 3. The van der Waals surface area contributed by atoms with Gasteiger partial charge in [-0.05, 0) is 92.4 Å². The molecule has 16 heteroatoms. The van der Waals surface area contributed by atoms with Gasteiger partial charge in [-0.15, -0.1) is 11.3 Å². The van der Waals surface area contributed by atoms with Crippen LogP contribution in [0.3, 0.4) is 0 Å². The zero-order valence-corrected chi connectivity index (χ0v) is 44.7. The van der Waals surface area contributed by atoms with E-state index in [2.05, 4.69) is 64.5 Å². The van der Waals surface area contributed by atoms with Gasteiger partial charge in [-0.3, -0.25) is 29.0 Å². The summed E-state index contributed by atoms with van der Waals surface area (Å²) >= 11 is 7.86. The highest BCUT2D eigenvalue weighted by atomic mass is 35.5. The van der Waals surface area contributed by atoms with Crippen LogP contribution in [0, 0.1) is 34.5 Å². The van der Waals surface area contributed by atoms with E-state index in [9.17, 15) is 29.5 Å². The molecule has 4 fully saturated rings. The van der Waals surface area contributed by atoms with Crippen molar-refractivity contribution in [1.82, 2.24) is 35.6 Å². The summed E-state index contributed by atoms with van der Waals surface area (Å²) in [4.78, 5) is 67.2. The van der Waals surface area contributed by atoms with E-state index in [1.54, 1.807) is 29.5 Å². The van der Waals surface area contributed by atoms with E-state index in [-0.39, 0.29) is 72.2 Å².